The van der Waals surface area contributed by atoms with E-state index in [1.165, 1.54) is 30.0 Å². The van der Waals surface area contributed by atoms with Gasteiger partial charge in [-0.25, -0.2) is 4.39 Å². The normalized spacial score (nSPS) is 10.5. The maximum atomic E-state index is 13.2. The molecule has 1 N–H and O–H groups in total. The molecule has 0 aliphatic heterocycles. The number of rotatable bonds is 7. The van der Waals surface area contributed by atoms with Crippen molar-refractivity contribution in [2.45, 2.75) is 5.03 Å². The number of ether oxygens (including phenoxy) is 2. The molecule has 1 aromatic heterocycles. The molecular weight excluding hydrogens is 417 g/mol. The van der Waals surface area contributed by atoms with Gasteiger partial charge in [0.05, 0.1) is 30.7 Å². The van der Waals surface area contributed by atoms with Crippen molar-refractivity contribution in [1.29, 1.82) is 0 Å². The summed E-state index contributed by atoms with van der Waals surface area (Å²) in [6.07, 6.45) is 0. The maximum absolute atomic E-state index is 13.2. The molecule has 0 saturated heterocycles. The van der Waals surface area contributed by atoms with Crippen LogP contribution in [0.2, 0.25) is 5.02 Å². The zero-order valence-electron chi connectivity index (χ0n) is 15.6. The first kappa shape index (κ1) is 20.9. The fourth-order valence-corrected chi connectivity index (χ4v) is 3.26. The van der Waals surface area contributed by atoms with Gasteiger partial charge in [-0.05, 0) is 48.5 Å². The number of carbonyl (C=O) groups is 1. The van der Waals surface area contributed by atoms with E-state index in [9.17, 15) is 9.18 Å². The fraction of sp³-hybridized carbons (Fsp3) is 0.150. The summed E-state index contributed by atoms with van der Waals surface area (Å²) in [5.74, 6) is 0.641. The lowest BCUT2D eigenvalue weighted by Gasteiger charge is -2.10. The second kappa shape index (κ2) is 9.58. The van der Waals surface area contributed by atoms with Gasteiger partial charge in [0.15, 0.2) is 0 Å². The van der Waals surface area contributed by atoms with Crippen molar-refractivity contribution < 1.29 is 18.7 Å². The van der Waals surface area contributed by atoms with Crippen LogP contribution in [-0.2, 0) is 4.79 Å². The van der Waals surface area contributed by atoms with Gasteiger partial charge in [-0.1, -0.05) is 23.4 Å². The van der Waals surface area contributed by atoms with Crippen LogP contribution in [0.1, 0.15) is 0 Å². The molecule has 0 unspecified atom stereocenters. The number of aromatic nitrogens is 2. The Bertz CT molecular complexity index is 1020. The monoisotopic (exact) mass is 433 g/mol. The maximum Gasteiger partial charge on any atom is 0.234 e. The van der Waals surface area contributed by atoms with Crippen molar-refractivity contribution in [3.8, 4) is 22.8 Å². The number of hydrogen-bond donors (Lipinski definition) is 1. The van der Waals surface area contributed by atoms with E-state index >= 15 is 0 Å². The lowest BCUT2D eigenvalue weighted by Crippen LogP contribution is -2.14. The van der Waals surface area contributed by atoms with Crippen molar-refractivity contribution in [3.63, 3.8) is 0 Å². The van der Waals surface area contributed by atoms with Crippen LogP contribution in [0.3, 0.4) is 0 Å². The van der Waals surface area contributed by atoms with E-state index in [-0.39, 0.29) is 16.7 Å². The van der Waals surface area contributed by atoms with Gasteiger partial charge in [0, 0.05) is 11.3 Å². The first-order valence-corrected chi connectivity index (χ1v) is 9.80. The third-order valence-corrected chi connectivity index (χ3v) is 5.09. The van der Waals surface area contributed by atoms with Gasteiger partial charge in [0.25, 0.3) is 0 Å². The molecule has 0 spiro atoms. The molecule has 0 fully saturated rings. The second-order valence-electron chi connectivity index (χ2n) is 5.79. The molecule has 0 bridgehead atoms. The first-order valence-electron chi connectivity index (χ1n) is 8.44. The highest BCUT2D eigenvalue weighted by Gasteiger charge is 2.11. The molecule has 3 rings (SSSR count). The molecule has 0 atom stereocenters. The van der Waals surface area contributed by atoms with E-state index in [0.717, 1.165) is 5.56 Å². The Morgan fingerprint density at radius 1 is 1.10 bits per heavy atom. The Morgan fingerprint density at radius 3 is 2.59 bits per heavy atom. The molecule has 0 saturated carbocycles. The summed E-state index contributed by atoms with van der Waals surface area (Å²) in [6, 6.07) is 13.0. The van der Waals surface area contributed by atoms with Gasteiger partial charge in [0.2, 0.25) is 5.91 Å². The summed E-state index contributed by atoms with van der Waals surface area (Å²) >= 11 is 6.94. The summed E-state index contributed by atoms with van der Waals surface area (Å²) < 4.78 is 23.8. The molecule has 29 heavy (non-hydrogen) atoms. The highest BCUT2D eigenvalue weighted by atomic mass is 35.5. The molecule has 1 amide bonds. The van der Waals surface area contributed by atoms with Crippen LogP contribution in [0.4, 0.5) is 10.1 Å². The van der Waals surface area contributed by atoms with E-state index in [2.05, 4.69) is 15.5 Å². The zero-order valence-corrected chi connectivity index (χ0v) is 17.2. The fourth-order valence-electron chi connectivity index (χ4n) is 2.47. The Balaban J connectivity index is 1.63. The van der Waals surface area contributed by atoms with E-state index in [0.29, 0.717) is 27.9 Å². The van der Waals surface area contributed by atoms with E-state index in [4.69, 9.17) is 21.1 Å². The molecule has 9 heteroatoms. The number of nitrogens with zero attached hydrogens (tertiary/aromatic N) is 2. The van der Waals surface area contributed by atoms with Gasteiger partial charge in [0.1, 0.15) is 22.3 Å². The SMILES string of the molecule is COc1ccc(OC)c(-c2ccc(SCC(=O)Nc3ccc(F)c(Cl)c3)nn2)c1. The van der Waals surface area contributed by atoms with Crippen LogP contribution in [-0.4, -0.2) is 36.1 Å². The standard InChI is InChI=1S/C20H17ClFN3O3S/c1-27-13-4-7-18(28-2)14(10-13)17-6-8-20(25-24-17)29-11-19(26)23-12-3-5-16(22)15(21)9-12/h3-10H,11H2,1-2H3,(H,23,26). The van der Waals surface area contributed by atoms with Crippen LogP contribution < -0.4 is 14.8 Å². The van der Waals surface area contributed by atoms with Crippen molar-refractivity contribution in [1.82, 2.24) is 10.2 Å². The number of amides is 1. The van der Waals surface area contributed by atoms with E-state index in [1.807, 2.05) is 6.07 Å². The average molecular weight is 434 g/mol. The van der Waals surface area contributed by atoms with Gasteiger partial charge >= 0.3 is 0 Å². The second-order valence-corrected chi connectivity index (χ2v) is 7.19. The average Bonchev–Trinajstić information content (AvgIpc) is 2.74. The molecule has 2 aromatic carbocycles. The van der Waals surface area contributed by atoms with Crippen LogP contribution >= 0.6 is 23.4 Å². The third kappa shape index (κ3) is 5.36. The minimum Gasteiger partial charge on any atom is -0.497 e. The van der Waals surface area contributed by atoms with Crippen molar-refractivity contribution in [2.75, 3.05) is 25.3 Å². The number of methoxy groups -OCH3 is 2. The Hall–Kier alpha value is -2.84. The number of carbonyl (C=O) groups excluding carboxylic acids is 1. The number of nitrogens with one attached hydrogen (secondary N) is 1. The minimum atomic E-state index is -0.540. The number of hydrogen-bond acceptors (Lipinski definition) is 6. The van der Waals surface area contributed by atoms with Crippen molar-refractivity contribution in [3.05, 3.63) is 59.4 Å². The van der Waals surface area contributed by atoms with E-state index in [1.54, 1.807) is 38.5 Å². The smallest absolute Gasteiger partial charge is 0.234 e. The quantitative estimate of drug-likeness (QED) is 0.545. The summed E-state index contributed by atoms with van der Waals surface area (Å²) in [5.41, 5.74) is 1.80. The van der Waals surface area contributed by atoms with Crippen LogP contribution in [0.5, 0.6) is 11.5 Å². The Morgan fingerprint density at radius 2 is 1.93 bits per heavy atom. The number of benzene rings is 2. The van der Waals surface area contributed by atoms with Crippen LogP contribution in [0.25, 0.3) is 11.3 Å². The number of halogens is 2. The summed E-state index contributed by atoms with van der Waals surface area (Å²) in [4.78, 5) is 12.1. The lowest BCUT2D eigenvalue weighted by molar-refractivity contribution is -0.113. The topological polar surface area (TPSA) is 73.3 Å². The molecule has 0 aliphatic rings. The summed E-state index contributed by atoms with van der Waals surface area (Å²) in [5, 5.41) is 11.6. The predicted octanol–water partition coefficient (Wildman–Crippen LogP) is 4.68. The van der Waals surface area contributed by atoms with Gasteiger partial charge in [-0.15, -0.1) is 10.2 Å². The van der Waals surface area contributed by atoms with Crippen molar-refractivity contribution in [2.24, 2.45) is 0 Å². The number of thioether (sulfide) groups is 1. The Labute approximate surface area is 176 Å². The molecule has 3 aromatic rings. The first-order chi connectivity index (χ1) is 14.0. The molecule has 1 heterocycles. The molecule has 6 nitrogen and oxygen atoms in total. The highest BCUT2D eigenvalue weighted by Crippen LogP contribution is 2.32. The van der Waals surface area contributed by atoms with Gasteiger partial charge < -0.3 is 14.8 Å². The minimum absolute atomic E-state index is 0.0510. The largest absolute Gasteiger partial charge is 0.497 e. The number of anilines is 1. The lowest BCUT2D eigenvalue weighted by atomic mass is 10.1. The van der Waals surface area contributed by atoms with Crippen molar-refractivity contribution >= 4 is 35.0 Å². The molecule has 0 aliphatic carbocycles. The zero-order chi connectivity index (χ0) is 20.8. The molecule has 0 radical (unpaired) electrons. The third-order valence-electron chi connectivity index (χ3n) is 3.88. The van der Waals surface area contributed by atoms with E-state index < -0.39 is 5.82 Å². The molecular formula is C20H17ClFN3O3S. The van der Waals surface area contributed by atoms with Crippen LogP contribution in [0.15, 0.2) is 53.6 Å². The summed E-state index contributed by atoms with van der Waals surface area (Å²) in [7, 11) is 3.16. The van der Waals surface area contributed by atoms with Crippen LogP contribution in [0, 0.1) is 5.82 Å². The molecule has 150 valence electrons. The predicted molar refractivity (Wildman–Crippen MR) is 111 cm³/mol. The van der Waals surface area contributed by atoms with Gasteiger partial charge in [-0.2, -0.15) is 0 Å². The Kier molecular flexibility index (Phi) is 6.90. The summed E-state index contributed by atoms with van der Waals surface area (Å²) in [6.45, 7) is 0. The highest BCUT2D eigenvalue weighted by molar-refractivity contribution is 7.99. The van der Waals surface area contributed by atoms with Gasteiger partial charge in [-0.3, -0.25) is 4.79 Å².